The van der Waals surface area contributed by atoms with Crippen LogP contribution in [0.3, 0.4) is 0 Å². The summed E-state index contributed by atoms with van der Waals surface area (Å²) in [5, 5.41) is 12.2. The van der Waals surface area contributed by atoms with E-state index in [1.54, 1.807) is 17.0 Å². The van der Waals surface area contributed by atoms with Crippen LogP contribution in [0.5, 0.6) is 0 Å². The molecular weight excluding hydrogens is 298 g/mol. The lowest BCUT2D eigenvalue weighted by molar-refractivity contribution is -0.118. The van der Waals surface area contributed by atoms with Crippen molar-refractivity contribution in [1.29, 1.82) is 0 Å². The summed E-state index contributed by atoms with van der Waals surface area (Å²) in [6.45, 7) is 3.43. The third-order valence-electron chi connectivity index (χ3n) is 3.83. The molecule has 1 aliphatic rings. The summed E-state index contributed by atoms with van der Waals surface area (Å²) in [5.74, 6) is -3.13. The number of piperazine rings is 1. The van der Waals surface area contributed by atoms with E-state index in [2.05, 4.69) is 5.32 Å². The molecule has 1 saturated heterocycles. The molecular formula is C15H23ClF2N2O. The van der Waals surface area contributed by atoms with E-state index in [9.17, 15) is 8.78 Å². The van der Waals surface area contributed by atoms with Gasteiger partial charge in [-0.2, -0.15) is 0 Å². The summed E-state index contributed by atoms with van der Waals surface area (Å²) < 4.78 is 28.3. The second-order valence-corrected chi connectivity index (χ2v) is 5.20. The normalized spacial score (nSPS) is 18.1. The summed E-state index contributed by atoms with van der Waals surface area (Å²) in [7, 11) is 0. The molecule has 0 aliphatic carbocycles. The lowest BCUT2D eigenvalue weighted by atomic mass is 9.97. The minimum atomic E-state index is -3.13. The number of alkyl halides is 2. The van der Waals surface area contributed by atoms with Gasteiger partial charge in [0.25, 0.3) is 5.92 Å². The molecule has 1 aromatic carbocycles. The van der Waals surface area contributed by atoms with Crippen LogP contribution in [0.25, 0.3) is 0 Å². The Balaban J connectivity index is 0.00000220. The fraction of sp³-hybridized carbons (Fsp3) is 0.600. The van der Waals surface area contributed by atoms with E-state index in [1.165, 1.54) is 0 Å². The van der Waals surface area contributed by atoms with Gasteiger partial charge < -0.3 is 10.4 Å². The molecule has 21 heavy (non-hydrogen) atoms. The Kier molecular flexibility index (Phi) is 7.00. The first kappa shape index (κ1) is 18.3. The average molecular weight is 321 g/mol. The number of aliphatic hydroxyl groups excluding tert-OH is 1. The Morgan fingerprint density at radius 1 is 1.24 bits per heavy atom. The topological polar surface area (TPSA) is 35.5 Å². The Bertz CT molecular complexity index is 422. The van der Waals surface area contributed by atoms with Crippen molar-refractivity contribution in [3.63, 3.8) is 0 Å². The standard InChI is InChI=1S/C15H22F2N2O.ClH/c1-2-12-3-5-13(6-4-12)14(15(16,17)11-20)19-9-7-18-8-10-19;/h3-6,14,18,20H,2,7-11H2,1H3;1H/t14-;/m1./s1. The highest BCUT2D eigenvalue weighted by molar-refractivity contribution is 5.85. The summed E-state index contributed by atoms with van der Waals surface area (Å²) in [4.78, 5) is 1.76. The molecule has 0 unspecified atom stereocenters. The molecule has 120 valence electrons. The van der Waals surface area contributed by atoms with E-state index in [-0.39, 0.29) is 12.4 Å². The first-order valence-corrected chi connectivity index (χ1v) is 7.10. The van der Waals surface area contributed by atoms with Gasteiger partial charge in [-0.05, 0) is 17.5 Å². The number of nitrogens with zero attached hydrogens (tertiary/aromatic N) is 1. The molecule has 1 heterocycles. The van der Waals surface area contributed by atoms with Gasteiger partial charge in [-0.15, -0.1) is 12.4 Å². The van der Waals surface area contributed by atoms with Gasteiger partial charge >= 0.3 is 0 Å². The molecule has 0 saturated carbocycles. The van der Waals surface area contributed by atoms with E-state index in [4.69, 9.17) is 5.11 Å². The predicted octanol–water partition coefficient (Wildman–Crippen LogP) is 2.24. The number of nitrogens with one attached hydrogen (secondary N) is 1. The lowest BCUT2D eigenvalue weighted by Gasteiger charge is -2.38. The Hall–Kier alpha value is -0.750. The molecule has 6 heteroatoms. The van der Waals surface area contributed by atoms with Crippen molar-refractivity contribution >= 4 is 12.4 Å². The van der Waals surface area contributed by atoms with E-state index in [0.717, 1.165) is 12.0 Å². The Morgan fingerprint density at radius 3 is 2.29 bits per heavy atom. The van der Waals surface area contributed by atoms with Crippen LogP contribution in [-0.2, 0) is 6.42 Å². The van der Waals surface area contributed by atoms with Crippen molar-refractivity contribution in [3.05, 3.63) is 35.4 Å². The maximum absolute atomic E-state index is 14.2. The van der Waals surface area contributed by atoms with Gasteiger partial charge in [0.1, 0.15) is 12.6 Å². The van der Waals surface area contributed by atoms with Gasteiger partial charge in [0.05, 0.1) is 0 Å². The van der Waals surface area contributed by atoms with Crippen LogP contribution in [0.15, 0.2) is 24.3 Å². The average Bonchev–Trinajstić information content (AvgIpc) is 2.49. The molecule has 1 aromatic rings. The van der Waals surface area contributed by atoms with Crippen molar-refractivity contribution in [1.82, 2.24) is 10.2 Å². The molecule has 0 bridgehead atoms. The summed E-state index contributed by atoms with van der Waals surface area (Å²) in [5.41, 5.74) is 1.70. The number of hydrogen-bond donors (Lipinski definition) is 2. The van der Waals surface area contributed by atoms with Crippen LogP contribution in [-0.4, -0.2) is 48.7 Å². The van der Waals surface area contributed by atoms with Crippen LogP contribution >= 0.6 is 12.4 Å². The molecule has 3 nitrogen and oxygen atoms in total. The quantitative estimate of drug-likeness (QED) is 0.873. The molecule has 1 aliphatic heterocycles. The fourth-order valence-electron chi connectivity index (χ4n) is 2.68. The molecule has 0 amide bonds. The molecule has 1 fully saturated rings. The smallest absolute Gasteiger partial charge is 0.289 e. The second-order valence-electron chi connectivity index (χ2n) is 5.20. The first-order valence-electron chi connectivity index (χ1n) is 7.10. The number of benzene rings is 1. The summed E-state index contributed by atoms with van der Waals surface area (Å²) in [6.07, 6.45) is 0.884. The molecule has 0 aromatic heterocycles. The van der Waals surface area contributed by atoms with Crippen LogP contribution in [0, 0.1) is 0 Å². The maximum Gasteiger partial charge on any atom is 0.289 e. The number of hydrogen-bond acceptors (Lipinski definition) is 3. The third kappa shape index (κ3) is 4.36. The molecule has 0 radical (unpaired) electrons. The zero-order valence-corrected chi connectivity index (χ0v) is 13.0. The molecule has 0 spiro atoms. The highest BCUT2D eigenvalue weighted by atomic mass is 35.5. The van der Waals surface area contributed by atoms with E-state index >= 15 is 0 Å². The Morgan fingerprint density at radius 2 is 1.81 bits per heavy atom. The minimum absolute atomic E-state index is 0. The molecule has 1 atom stereocenters. The van der Waals surface area contributed by atoms with Gasteiger partial charge in [0.2, 0.25) is 0 Å². The van der Waals surface area contributed by atoms with Crippen molar-refractivity contribution in [2.75, 3.05) is 32.8 Å². The predicted molar refractivity (Wildman–Crippen MR) is 82.3 cm³/mol. The maximum atomic E-state index is 14.2. The number of halogens is 3. The van der Waals surface area contributed by atoms with Crippen molar-refractivity contribution in [2.45, 2.75) is 25.3 Å². The van der Waals surface area contributed by atoms with E-state index in [1.807, 2.05) is 19.1 Å². The first-order chi connectivity index (χ1) is 9.58. The van der Waals surface area contributed by atoms with Crippen molar-refractivity contribution in [3.8, 4) is 0 Å². The van der Waals surface area contributed by atoms with Gasteiger partial charge in [-0.25, -0.2) is 8.78 Å². The van der Waals surface area contributed by atoms with E-state index in [0.29, 0.717) is 31.7 Å². The van der Waals surface area contributed by atoms with Gasteiger partial charge in [-0.3, -0.25) is 4.90 Å². The number of aliphatic hydroxyl groups is 1. The SMILES string of the molecule is CCc1ccc([C@@H](N2CCNCC2)C(F)(F)CO)cc1.Cl. The number of aryl methyl sites for hydroxylation is 1. The molecule has 2 N–H and O–H groups in total. The monoisotopic (exact) mass is 320 g/mol. The molecule has 2 rings (SSSR count). The zero-order chi connectivity index (χ0) is 14.6. The van der Waals surface area contributed by atoms with Crippen LogP contribution in [0.4, 0.5) is 8.78 Å². The second kappa shape index (κ2) is 8.03. The van der Waals surface area contributed by atoms with E-state index < -0.39 is 18.6 Å². The summed E-state index contributed by atoms with van der Waals surface area (Å²) >= 11 is 0. The number of rotatable bonds is 5. The lowest BCUT2D eigenvalue weighted by Crippen LogP contribution is -2.51. The third-order valence-corrected chi connectivity index (χ3v) is 3.83. The zero-order valence-electron chi connectivity index (χ0n) is 12.2. The van der Waals surface area contributed by atoms with Crippen LogP contribution in [0.1, 0.15) is 24.1 Å². The van der Waals surface area contributed by atoms with Gasteiger partial charge in [0.15, 0.2) is 0 Å². The van der Waals surface area contributed by atoms with Gasteiger partial charge in [-0.1, -0.05) is 31.2 Å². The van der Waals surface area contributed by atoms with Crippen LogP contribution in [0.2, 0.25) is 0 Å². The van der Waals surface area contributed by atoms with Crippen molar-refractivity contribution < 1.29 is 13.9 Å². The largest absolute Gasteiger partial charge is 0.390 e. The van der Waals surface area contributed by atoms with Gasteiger partial charge in [0, 0.05) is 26.2 Å². The highest BCUT2D eigenvalue weighted by Gasteiger charge is 2.43. The summed E-state index contributed by atoms with van der Waals surface area (Å²) in [6, 6.07) is 6.24. The highest BCUT2D eigenvalue weighted by Crippen LogP contribution is 2.36. The fourth-order valence-corrected chi connectivity index (χ4v) is 2.68. The van der Waals surface area contributed by atoms with Crippen LogP contribution < -0.4 is 5.32 Å². The minimum Gasteiger partial charge on any atom is -0.390 e. The van der Waals surface area contributed by atoms with Crippen molar-refractivity contribution in [2.24, 2.45) is 0 Å². The Labute approximate surface area is 130 Å².